The zero-order valence-electron chi connectivity index (χ0n) is 14.5. The summed E-state index contributed by atoms with van der Waals surface area (Å²) in [5.74, 6) is -0.0769. The molecule has 0 spiro atoms. The van der Waals surface area contributed by atoms with E-state index in [4.69, 9.17) is 4.74 Å². The fraction of sp³-hybridized carbons (Fsp3) is 0.778. The van der Waals surface area contributed by atoms with Crippen LogP contribution < -0.4 is 5.32 Å². The summed E-state index contributed by atoms with van der Waals surface area (Å²) in [6.45, 7) is 7.75. The molecule has 0 aromatic rings. The molecule has 0 bridgehead atoms. The molecule has 4 heteroatoms. The highest BCUT2D eigenvalue weighted by atomic mass is 16.5. The van der Waals surface area contributed by atoms with E-state index in [2.05, 4.69) is 11.9 Å². The number of esters is 1. The first kappa shape index (κ1) is 20.7. The minimum atomic E-state index is -0.517. The normalized spacial score (nSPS) is 12.0. The Morgan fingerprint density at radius 1 is 1.09 bits per heavy atom. The number of rotatable bonds is 13. The van der Waals surface area contributed by atoms with Crippen molar-refractivity contribution in [3.05, 3.63) is 12.7 Å². The summed E-state index contributed by atoms with van der Waals surface area (Å²) in [6.07, 6.45) is 10.9. The van der Waals surface area contributed by atoms with Gasteiger partial charge in [0.15, 0.2) is 0 Å². The quantitative estimate of drug-likeness (QED) is 0.318. The summed E-state index contributed by atoms with van der Waals surface area (Å²) < 4.78 is 4.74. The van der Waals surface area contributed by atoms with Gasteiger partial charge in [0.1, 0.15) is 6.04 Å². The van der Waals surface area contributed by atoms with Crippen LogP contribution >= 0.6 is 0 Å². The van der Waals surface area contributed by atoms with Gasteiger partial charge in [-0.25, -0.2) is 4.79 Å². The summed E-state index contributed by atoms with van der Waals surface area (Å²) in [6, 6.07) is -0.517. The average Bonchev–Trinajstić information content (AvgIpc) is 2.48. The Labute approximate surface area is 135 Å². The fourth-order valence-corrected chi connectivity index (χ4v) is 2.38. The van der Waals surface area contributed by atoms with E-state index in [1.165, 1.54) is 26.4 Å². The smallest absolute Gasteiger partial charge is 0.328 e. The second-order valence-electron chi connectivity index (χ2n) is 6.22. The lowest BCUT2D eigenvalue weighted by atomic mass is 10.0. The Morgan fingerprint density at radius 2 is 1.68 bits per heavy atom. The maximum absolute atomic E-state index is 11.9. The maximum atomic E-state index is 11.9. The number of carbonyl (C=O) groups is 2. The highest BCUT2D eigenvalue weighted by Crippen LogP contribution is 2.10. The van der Waals surface area contributed by atoms with E-state index in [1.54, 1.807) is 0 Å². The van der Waals surface area contributed by atoms with E-state index in [1.807, 2.05) is 19.9 Å². The lowest BCUT2D eigenvalue weighted by molar-refractivity contribution is -0.145. The van der Waals surface area contributed by atoms with Crippen LogP contribution in [-0.2, 0) is 14.3 Å². The second kappa shape index (κ2) is 13.4. The lowest BCUT2D eigenvalue weighted by Gasteiger charge is -2.18. The van der Waals surface area contributed by atoms with Crippen LogP contribution in [0.25, 0.3) is 0 Å². The summed E-state index contributed by atoms with van der Waals surface area (Å²) in [5.41, 5.74) is 0. The molecule has 0 aliphatic heterocycles. The number of allylic oxidation sites excluding steroid dienone is 1. The van der Waals surface area contributed by atoms with E-state index in [-0.39, 0.29) is 11.9 Å². The predicted molar refractivity (Wildman–Crippen MR) is 90.5 cm³/mol. The van der Waals surface area contributed by atoms with Crippen molar-refractivity contribution in [2.24, 2.45) is 5.92 Å². The predicted octanol–water partition coefficient (Wildman–Crippen LogP) is 4.00. The summed E-state index contributed by atoms with van der Waals surface area (Å²) in [4.78, 5) is 23.5. The third kappa shape index (κ3) is 11.4. The Bertz CT molecular complexity index is 326. The lowest BCUT2D eigenvalue weighted by Crippen LogP contribution is -2.42. The van der Waals surface area contributed by atoms with E-state index in [0.717, 1.165) is 25.7 Å². The number of methoxy groups -OCH3 is 1. The Morgan fingerprint density at radius 3 is 2.23 bits per heavy atom. The third-order valence-electron chi connectivity index (χ3n) is 3.59. The highest BCUT2D eigenvalue weighted by Gasteiger charge is 2.22. The van der Waals surface area contributed by atoms with Crippen molar-refractivity contribution in [2.75, 3.05) is 7.11 Å². The van der Waals surface area contributed by atoms with E-state index < -0.39 is 6.04 Å². The van der Waals surface area contributed by atoms with E-state index in [0.29, 0.717) is 18.8 Å². The van der Waals surface area contributed by atoms with Gasteiger partial charge < -0.3 is 10.1 Å². The van der Waals surface area contributed by atoms with Crippen molar-refractivity contribution in [1.29, 1.82) is 0 Å². The molecule has 4 nitrogen and oxygen atoms in total. The fourth-order valence-electron chi connectivity index (χ4n) is 2.38. The molecule has 1 atom stereocenters. The third-order valence-corrected chi connectivity index (χ3v) is 3.59. The number of hydrogen-bond acceptors (Lipinski definition) is 3. The van der Waals surface area contributed by atoms with Crippen molar-refractivity contribution in [3.63, 3.8) is 0 Å². The monoisotopic (exact) mass is 311 g/mol. The molecular formula is C18H33NO3. The molecule has 0 radical (unpaired) electrons. The SMILES string of the molecule is C=CCCCCCCCCC(=O)N[C@@H](CC(C)C)C(=O)OC. The molecule has 0 saturated carbocycles. The molecule has 0 saturated heterocycles. The highest BCUT2D eigenvalue weighted by molar-refractivity contribution is 5.84. The van der Waals surface area contributed by atoms with Crippen LogP contribution in [0.5, 0.6) is 0 Å². The van der Waals surface area contributed by atoms with Crippen LogP contribution in [0.3, 0.4) is 0 Å². The molecule has 0 aromatic heterocycles. The number of ether oxygens (including phenoxy) is 1. The van der Waals surface area contributed by atoms with Gasteiger partial charge in [-0.2, -0.15) is 0 Å². The molecule has 0 aliphatic carbocycles. The summed E-state index contributed by atoms with van der Waals surface area (Å²) in [5, 5.41) is 2.79. The summed E-state index contributed by atoms with van der Waals surface area (Å²) in [7, 11) is 1.36. The van der Waals surface area contributed by atoms with Crippen molar-refractivity contribution < 1.29 is 14.3 Å². The van der Waals surface area contributed by atoms with Gasteiger partial charge in [-0.3, -0.25) is 4.79 Å². The first-order valence-corrected chi connectivity index (χ1v) is 8.49. The Kier molecular flexibility index (Phi) is 12.5. The Balaban J connectivity index is 3.81. The molecule has 0 aliphatic rings. The van der Waals surface area contributed by atoms with Crippen LogP contribution in [0.2, 0.25) is 0 Å². The van der Waals surface area contributed by atoms with Crippen molar-refractivity contribution in [3.8, 4) is 0 Å². The molecule has 0 heterocycles. The zero-order valence-corrected chi connectivity index (χ0v) is 14.5. The van der Waals surface area contributed by atoms with Crippen molar-refractivity contribution >= 4 is 11.9 Å². The van der Waals surface area contributed by atoms with Crippen LogP contribution in [-0.4, -0.2) is 25.0 Å². The number of unbranched alkanes of at least 4 members (excludes halogenated alkanes) is 6. The maximum Gasteiger partial charge on any atom is 0.328 e. The van der Waals surface area contributed by atoms with Gasteiger partial charge in [-0.05, 0) is 31.6 Å². The molecule has 0 aromatic carbocycles. The number of carbonyl (C=O) groups excluding carboxylic acids is 2. The topological polar surface area (TPSA) is 55.4 Å². The van der Waals surface area contributed by atoms with Gasteiger partial charge in [0.2, 0.25) is 5.91 Å². The molecule has 1 amide bonds. The minimum Gasteiger partial charge on any atom is -0.467 e. The number of nitrogens with one attached hydrogen (secondary N) is 1. The molecule has 0 rings (SSSR count). The van der Waals surface area contributed by atoms with Crippen molar-refractivity contribution in [1.82, 2.24) is 5.32 Å². The van der Waals surface area contributed by atoms with E-state index >= 15 is 0 Å². The largest absolute Gasteiger partial charge is 0.467 e. The molecule has 22 heavy (non-hydrogen) atoms. The average molecular weight is 311 g/mol. The number of amides is 1. The van der Waals surface area contributed by atoms with Gasteiger partial charge >= 0.3 is 5.97 Å². The molecule has 0 fully saturated rings. The Hall–Kier alpha value is -1.32. The first-order valence-electron chi connectivity index (χ1n) is 8.49. The van der Waals surface area contributed by atoms with E-state index in [9.17, 15) is 9.59 Å². The first-order chi connectivity index (χ1) is 10.5. The van der Waals surface area contributed by atoms with Gasteiger partial charge in [0.05, 0.1) is 7.11 Å². The molecule has 128 valence electrons. The van der Waals surface area contributed by atoms with Crippen LogP contribution in [0, 0.1) is 5.92 Å². The van der Waals surface area contributed by atoms with Crippen molar-refractivity contribution in [2.45, 2.75) is 77.7 Å². The minimum absolute atomic E-state index is 0.0530. The number of hydrogen-bond donors (Lipinski definition) is 1. The van der Waals surface area contributed by atoms with Gasteiger partial charge in [0.25, 0.3) is 0 Å². The van der Waals surface area contributed by atoms with Gasteiger partial charge in [0, 0.05) is 6.42 Å². The molecule has 0 unspecified atom stereocenters. The van der Waals surface area contributed by atoms with Crippen LogP contribution in [0.1, 0.15) is 71.6 Å². The standard InChI is InChI=1S/C18H33NO3/c1-5-6-7-8-9-10-11-12-13-17(20)19-16(14-15(2)3)18(21)22-4/h5,15-16H,1,6-14H2,2-4H3,(H,19,20)/t16-/m0/s1. The molecular weight excluding hydrogens is 278 g/mol. The van der Waals surface area contributed by atoms with Crippen LogP contribution in [0.4, 0.5) is 0 Å². The summed E-state index contributed by atoms with van der Waals surface area (Å²) >= 11 is 0. The van der Waals surface area contributed by atoms with Gasteiger partial charge in [-0.15, -0.1) is 6.58 Å². The second-order valence-corrected chi connectivity index (χ2v) is 6.22. The molecule has 1 N–H and O–H groups in total. The van der Waals surface area contributed by atoms with Crippen LogP contribution in [0.15, 0.2) is 12.7 Å². The van der Waals surface area contributed by atoms with Gasteiger partial charge in [-0.1, -0.05) is 45.6 Å². The zero-order chi connectivity index (χ0) is 16.8.